The minimum absolute atomic E-state index is 0.0209. The Bertz CT molecular complexity index is 1070. The zero-order valence-electron chi connectivity index (χ0n) is 14.9. The SMILES string of the molecule is O=C(NC1CCCC1)c1nn2c(C(F)(F)F)cc(-c3ccc(Br)cc3)nc2c1Br. The molecule has 1 fully saturated rings. The number of hydrogen-bond donors (Lipinski definition) is 1. The van der Waals surface area contributed by atoms with Crippen LogP contribution in [-0.2, 0) is 6.18 Å². The van der Waals surface area contributed by atoms with Gasteiger partial charge in [-0.05, 0) is 47.0 Å². The highest BCUT2D eigenvalue weighted by Gasteiger charge is 2.36. The van der Waals surface area contributed by atoms with E-state index < -0.39 is 17.8 Å². The van der Waals surface area contributed by atoms with Crippen LogP contribution in [0.4, 0.5) is 13.2 Å². The normalized spacial score (nSPS) is 15.2. The molecule has 29 heavy (non-hydrogen) atoms. The Morgan fingerprint density at radius 2 is 1.79 bits per heavy atom. The largest absolute Gasteiger partial charge is 0.433 e. The van der Waals surface area contributed by atoms with Crippen LogP contribution >= 0.6 is 31.9 Å². The highest BCUT2D eigenvalue weighted by Crippen LogP contribution is 2.35. The summed E-state index contributed by atoms with van der Waals surface area (Å²) in [4.78, 5) is 17.0. The molecule has 10 heteroatoms. The van der Waals surface area contributed by atoms with Crippen LogP contribution in [0.15, 0.2) is 39.3 Å². The van der Waals surface area contributed by atoms with Crippen molar-refractivity contribution in [3.8, 4) is 11.3 Å². The Balaban J connectivity index is 1.83. The summed E-state index contributed by atoms with van der Waals surface area (Å²) in [6.45, 7) is 0. The molecule has 3 aromatic rings. The lowest BCUT2D eigenvalue weighted by atomic mass is 10.1. The van der Waals surface area contributed by atoms with E-state index in [1.807, 2.05) is 0 Å². The van der Waals surface area contributed by atoms with Crippen LogP contribution in [-0.4, -0.2) is 26.5 Å². The molecule has 1 N–H and O–H groups in total. The maximum Gasteiger partial charge on any atom is 0.433 e. The predicted octanol–water partition coefficient (Wildman–Crippen LogP) is 5.61. The van der Waals surface area contributed by atoms with E-state index in [2.05, 4.69) is 47.3 Å². The third-order valence-electron chi connectivity index (χ3n) is 4.87. The van der Waals surface area contributed by atoms with Gasteiger partial charge in [-0.2, -0.15) is 18.3 Å². The molecule has 0 aliphatic heterocycles. The molecule has 0 saturated heterocycles. The molecule has 2 heterocycles. The van der Waals surface area contributed by atoms with Gasteiger partial charge < -0.3 is 5.32 Å². The van der Waals surface area contributed by atoms with Gasteiger partial charge in [0.05, 0.1) is 10.2 Å². The Kier molecular flexibility index (Phi) is 5.41. The summed E-state index contributed by atoms with van der Waals surface area (Å²) in [5.74, 6) is -0.507. The van der Waals surface area contributed by atoms with E-state index in [1.165, 1.54) is 0 Å². The molecule has 4 rings (SSSR count). The Morgan fingerprint density at radius 1 is 1.14 bits per heavy atom. The van der Waals surface area contributed by atoms with E-state index in [4.69, 9.17) is 0 Å². The van der Waals surface area contributed by atoms with Gasteiger partial charge in [0.1, 0.15) is 0 Å². The number of carbonyl (C=O) groups is 1. The Labute approximate surface area is 181 Å². The van der Waals surface area contributed by atoms with E-state index >= 15 is 0 Å². The summed E-state index contributed by atoms with van der Waals surface area (Å²) in [6, 6.07) is 7.74. The van der Waals surface area contributed by atoms with Crippen LogP contribution in [0.5, 0.6) is 0 Å². The quantitative estimate of drug-likeness (QED) is 0.477. The first-order valence-electron chi connectivity index (χ1n) is 8.97. The zero-order valence-corrected chi connectivity index (χ0v) is 18.1. The molecule has 1 aromatic carbocycles. The van der Waals surface area contributed by atoms with E-state index in [1.54, 1.807) is 24.3 Å². The van der Waals surface area contributed by atoms with E-state index in [-0.39, 0.29) is 27.5 Å². The monoisotopic (exact) mass is 530 g/mol. The molecule has 2 aromatic heterocycles. The number of carbonyl (C=O) groups excluding carboxylic acids is 1. The summed E-state index contributed by atoms with van der Waals surface area (Å²) in [5.41, 5.74) is -0.509. The maximum atomic E-state index is 13.7. The van der Waals surface area contributed by atoms with Crippen molar-refractivity contribution < 1.29 is 18.0 Å². The number of rotatable bonds is 3. The first-order valence-corrected chi connectivity index (χ1v) is 10.6. The van der Waals surface area contributed by atoms with Gasteiger partial charge in [0.25, 0.3) is 5.91 Å². The molecule has 0 radical (unpaired) electrons. The number of hydrogen-bond acceptors (Lipinski definition) is 3. The number of nitrogens with one attached hydrogen (secondary N) is 1. The van der Waals surface area contributed by atoms with Crippen LogP contribution in [0.2, 0.25) is 0 Å². The topological polar surface area (TPSA) is 59.3 Å². The molecule has 0 atom stereocenters. The number of fused-ring (bicyclic) bond motifs is 1. The molecular weight excluding hydrogens is 517 g/mol. The summed E-state index contributed by atoms with van der Waals surface area (Å²) in [5, 5.41) is 6.79. The van der Waals surface area contributed by atoms with Crippen LogP contribution in [0.1, 0.15) is 41.9 Å². The smallest absolute Gasteiger partial charge is 0.348 e. The van der Waals surface area contributed by atoms with Gasteiger partial charge in [0.15, 0.2) is 17.0 Å². The third kappa shape index (κ3) is 4.05. The second kappa shape index (κ2) is 7.71. The number of alkyl halides is 3. The second-order valence-electron chi connectivity index (χ2n) is 6.88. The molecule has 1 aliphatic carbocycles. The maximum absolute atomic E-state index is 13.7. The van der Waals surface area contributed by atoms with Gasteiger partial charge in [-0.3, -0.25) is 4.79 Å². The average Bonchev–Trinajstić information content (AvgIpc) is 3.29. The van der Waals surface area contributed by atoms with Crippen LogP contribution < -0.4 is 5.32 Å². The molecule has 152 valence electrons. The summed E-state index contributed by atoms with van der Waals surface area (Å²) < 4.78 is 42.8. The third-order valence-corrected chi connectivity index (χ3v) is 6.13. The van der Waals surface area contributed by atoms with Gasteiger partial charge in [-0.1, -0.05) is 40.9 Å². The van der Waals surface area contributed by atoms with Gasteiger partial charge in [-0.25, -0.2) is 9.50 Å². The van der Waals surface area contributed by atoms with Gasteiger partial charge in [0, 0.05) is 16.1 Å². The molecule has 0 unspecified atom stereocenters. The van der Waals surface area contributed by atoms with E-state index in [9.17, 15) is 18.0 Å². The lowest BCUT2D eigenvalue weighted by Crippen LogP contribution is -2.33. The van der Waals surface area contributed by atoms with Gasteiger partial charge in [-0.15, -0.1) is 0 Å². The molecule has 1 saturated carbocycles. The first-order chi connectivity index (χ1) is 13.7. The fourth-order valence-electron chi connectivity index (χ4n) is 3.43. The summed E-state index contributed by atoms with van der Waals surface area (Å²) in [6.07, 6.45) is -0.913. The summed E-state index contributed by atoms with van der Waals surface area (Å²) in [7, 11) is 0. The van der Waals surface area contributed by atoms with Gasteiger partial charge in [0.2, 0.25) is 0 Å². The number of benzene rings is 1. The van der Waals surface area contributed by atoms with Crippen molar-refractivity contribution in [1.82, 2.24) is 19.9 Å². The predicted molar refractivity (Wildman–Crippen MR) is 109 cm³/mol. The molecule has 1 amide bonds. The highest BCUT2D eigenvalue weighted by molar-refractivity contribution is 9.11. The first kappa shape index (κ1) is 20.3. The van der Waals surface area contributed by atoms with Crippen molar-refractivity contribution in [3.63, 3.8) is 0 Å². The minimum atomic E-state index is -4.67. The highest BCUT2D eigenvalue weighted by atomic mass is 79.9. The van der Waals surface area contributed by atoms with Gasteiger partial charge >= 0.3 is 6.18 Å². The van der Waals surface area contributed by atoms with E-state index in [0.29, 0.717) is 10.1 Å². The van der Waals surface area contributed by atoms with Crippen LogP contribution in [0.3, 0.4) is 0 Å². The Hall–Kier alpha value is -1.94. The number of halogens is 5. The van der Waals surface area contributed by atoms with Crippen molar-refractivity contribution in [2.24, 2.45) is 0 Å². The number of amides is 1. The van der Waals surface area contributed by atoms with Crippen molar-refractivity contribution in [2.75, 3.05) is 0 Å². The lowest BCUT2D eigenvalue weighted by molar-refractivity contribution is -0.142. The fourth-order valence-corrected chi connectivity index (χ4v) is 4.21. The van der Waals surface area contributed by atoms with Crippen molar-refractivity contribution in [2.45, 2.75) is 37.9 Å². The molecule has 5 nitrogen and oxygen atoms in total. The number of aromatic nitrogens is 3. The standard InChI is InChI=1S/C19H15Br2F3N4O/c20-11-7-5-10(6-8-11)13-9-14(19(22,23)24)28-17(26-13)15(21)16(27-28)18(29)25-12-3-1-2-4-12/h5-9,12H,1-4H2,(H,25,29). The van der Waals surface area contributed by atoms with Crippen LogP contribution in [0, 0.1) is 0 Å². The zero-order chi connectivity index (χ0) is 20.8. The van der Waals surface area contributed by atoms with Crippen molar-refractivity contribution in [3.05, 3.63) is 50.7 Å². The van der Waals surface area contributed by atoms with Crippen molar-refractivity contribution >= 4 is 43.4 Å². The van der Waals surface area contributed by atoms with Crippen LogP contribution in [0.25, 0.3) is 16.9 Å². The van der Waals surface area contributed by atoms with Crippen molar-refractivity contribution in [1.29, 1.82) is 0 Å². The van der Waals surface area contributed by atoms with E-state index in [0.717, 1.165) is 36.2 Å². The average molecular weight is 532 g/mol. The molecule has 0 spiro atoms. The summed E-state index contributed by atoms with van der Waals surface area (Å²) >= 11 is 6.54. The molecule has 0 bridgehead atoms. The second-order valence-corrected chi connectivity index (χ2v) is 8.59. The molecular formula is C19H15Br2F3N4O. The fraction of sp³-hybridized carbons (Fsp3) is 0.316. The lowest BCUT2D eigenvalue weighted by Gasteiger charge is -2.11. The minimum Gasteiger partial charge on any atom is -0.348 e. The Morgan fingerprint density at radius 3 is 2.41 bits per heavy atom. The number of nitrogens with zero attached hydrogens (tertiary/aromatic N) is 3. The molecule has 1 aliphatic rings.